The fourth-order valence-corrected chi connectivity index (χ4v) is 2.20. The van der Waals surface area contributed by atoms with Gasteiger partial charge in [-0.3, -0.25) is 0 Å². The molecule has 2 N–H and O–H groups in total. The Morgan fingerprint density at radius 2 is 2.35 bits per heavy atom. The molecule has 1 fully saturated rings. The number of amides is 2. The molecule has 0 bridgehead atoms. The number of aliphatic hydroxyl groups excluding tert-OH is 1. The van der Waals surface area contributed by atoms with E-state index in [9.17, 15) is 9.90 Å². The highest BCUT2D eigenvalue weighted by molar-refractivity contribution is 9.10. The van der Waals surface area contributed by atoms with E-state index in [1.54, 1.807) is 23.1 Å². The Morgan fingerprint density at radius 1 is 1.59 bits per heavy atom. The summed E-state index contributed by atoms with van der Waals surface area (Å²) in [6.07, 6.45) is 0.232. The maximum absolute atomic E-state index is 11.8. The van der Waals surface area contributed by atoms with Gasteiger partial charge in [0, 0.05) is 23.2 Å². The fourth-order valence-electron chi connectivity index (χ4n) is 1.70. The molecule has 0 aliphatic carbocycles. The number of carbonyl (C=O) groups is 1. The lowest BCUT2D eigenvalue weighted by Crippen LogP contribution is -2.33. The van der Waals surface area contributed by atoms with Crippen LogP contribution in [-0.4, -0.2) is 35.2 Å². The minimum Gasteiger partial charge on any atom is -0.391 e. The Kier molecular flexibility index (Phi) is 3.91. The molecule has 0 spiro atoms. The zero-order valence-electron chi connectivity index (χ0n) is 8.99. The molecule has 1 unspecified atom stereocenters. The Balaban J connectivity index is 2.00. The number of anilines is 1. The zero-order valence-corrected chi connectivity index (χ0v) is 11.3. The Morgan fingerprint density at radius 3 is 2.94 bits per heavy atom. The van der Waals surface area contributed by atoms with Crippen molar-refractivity contribution in [2.75, 3.05) is 18.4 Å². The van der Waals surface area contributed by atoms with E-state index in [4.69, 9.17) is 11.6 Å². The van der Waals surface area contributed by atoms with Gasteiger partial charge in [-0.15, -0.1) is 0 Å². The lowest BCUT2D eigenvalue weighted by molar-refractivity contribution is 0.176. The van der Waals surface area contributed by atoms with E-state index in [1.807, 2.05) is 0 Å². The van der Waals surface area contributed by atoms with Crippen molar-refractivity contribution in [3.05, 3.63) is 27.7 Å². The topological polar surface area (TPSA) is 52.6 Å². The van der Waals surface area contributed by atoms with Crippen molar-refractivity contribution in [2.24, 2.45) is 0 Å². The third-order valence-corrected chi connectivity index (χ3v) is 3.84. The van der Waals surface area contributed by atoms with Crippen molar-refractivity contribution < 1.29 is 9.90 Å². The molecular formula is C11H12BrClN2O2. The smallest absolute Gasteiger partial charge is 0.321 e. The number of urea groups is 1. The first kappa shape index (κ1) is 12.7. The van der Waals surface area contributed by atoms with Crippen LogP contribution in [0.1, 0.15) is 6.42 Å². The van der Waals surface area contributed by atoms with E-state index >= 15 is 0 Å². The van der Waals surface area contributed by atoms with Crippen molar-refractivity contribution >= 4 is 39.2 Å². The summed E-state index contributed by atoms with van der Waals surface area (Å²) >= 11 is 9.15. The van der Waals surface area contributed by atoms with Gasteiger partial charge in [0.25, 0.3) is 0 Å². The normalized spacial score (nSPS) is 19.5. The van der Waals surface area contributed by atoms with Crippen LogP contribution in [0.3, 0.4) is 0 Å². The van der Waals surface area contributed by atoms with Crippen molar-refractivity contribution in [1.82, 2.24) is 4.90 Å². The van der Waals surface area contributed by atoms with E-state index in [0.29, 0.717) is 30.2 Å². The quantitative estimate of drug-likeness (QED) is 0.836. The number of aliphatic hydroxyl groups is 1. The number of halogens is 2. The summed E-state index contributed by atoms with van der Waals surface area (Å²) in [5.41, 5.74) is 0.674. The van der Waals surface area contributed by atoms with Crippen LogP contribution in [0, 0.1) is 0 Å². The first-order chi connectivity index (χ1) is 8.06. The second-order valence-electron chi connectivity index (χ2n) is 3.95. The molecule has 4 nitrogen and oxygen atoms in total. The molecule has 1 heterocycles. The Hall–Kier alpha value is -0.780. The summed E-state index contributed by atoms with van der Waals surface area (Å²) in [5.74, 6) is 0. The maximum Gasteiger partial charge on any atom is 0.321 e. The number of nitrogens with zero attached hydrogens (tertiary/aromatic N) is 1. The first-order valence-electron chi connectivity index (χ1n) is 5.25. The Bertz CT molecular complexity index is 441. The van der Waals surface area contributed by atoms with E-state index in [2.05, 4.69) is 21.2 Å². The minimum atomic E-state index is -0.405. The van der Waals surface area contributed by atoms with Gasteiger partial charge < -0.3 is 15.3 Å². The molecular weight excluding hydrogens is 307 g/mol. The van der Waals surface area contributed by atoms with E-state index < -0.39 is 6.10 Å². The summed E-state index contributed by atoms with van der Waals surface area (Å²) in [7, 11) is 0. The molecule has 92 valence electrons. The van der Waals surface area contributed by atoms with Gasteiger partial charge in [0.15, 0.2) is 0 Å². The summed E-state index contributed by atoms with van der Waals surface area (Å²) in [4.78, 5) is 13.4. The molecule has 1 aromatic carbocycles. The standard InChI is InChI=1S/C11H12BrClN2O2/c12-9-5-7(1-2-10(9)13)14-11(17)15-4-3-8(16)6-15/h1-2,5,8,16H,3-4,6H2,(H,14,17). The molecule has 1 aliphatic rings. The third kappa shape index (κ3) is 3.12. The number of β-amino-alcohol motifs (C(OH)–C–C–N with tert-alkyl or cyclic N) is 1. The van der Waals surface area contributed by atoms with Gasteiger partial charge in [-0.05, 0) is 40.5 Å². The summed E-state index contributed by atoms with van der Waals surface area (Å²) in [6.45, 7) is 0.975. The predicted molar refractivity (Wildman–Crippen MR) is 70.4 cm³/mol. The molecule has 6 heteroatoms. The highest BCUT2D eigenvalue weighted by Gasteiger charge is 2.24. The first-order valence-corrected chi connectivity index (χ1v) is 6.42. The van der Waals surface area contributed by atoms with Crippen LogP contribution >= 0.6 is 27.5 Å². The lowest BCUT2D eigenvalue weighted by Gasteiger charge is -2.16. The van der Waals surface area contributed by atoms with Gasteiger partial charge in [0.1, 0.15) is 0 Å². The number of benzene rings is 1. The van der Waals surface area contributed by atoms with Gasteiger partial charge in [0.05, 0.1) is 11.1 Å². The third-order valence-electron chi connectivity index (χ3n) is 2.62. The van der Waals surface area contributed by atoms with Crippen molar-refractivity contribution in [3.63, 3.8) is 0 Å². The zero-order chi connectivity index (χ0) is 12.4. The van der Waals surface area contributed by atoms with Crippen LogP contribution in [0.5, 0.6) is 0 Å². The van der Waals surface area contributed by atoms with Gasteiger partial charge in [-0.25, -0.2) is 4.79 Å². The van der Waals surface area contributed by atoms with Crippen LogP contribution in [0.25, 0.3) is 0 Å². The fraction of sp³-hybridized carbons (Fsp3) is 0.364. The average molecular weight is 320 g/mol. The van der Waals surface area contributed by atoms with Crippen LogP contribution in [0.4, 0.5) is 10.5 Å². The number of nitrogens with one attached hydrogen (secondary N) is 1. The molecule has 17 heavy (non-hydrogen) atoms. The van der Waals surface area contributed by atoms with Crippen LogP contribution < -0.4 is 5.32 Å². The summed E-state index contributed by atoms with van der Waals surface area (Å²) in [6, 6.07) is 4.99. The average Bonchev–Trinajstić information content (AvgIpc) is 2.70. The van der Waals surface area contributed by atoms with E-state index in [1.165, 1.54) is 0 Å². The highest BCUT2D eigenvalue weighted by Crippen LogP contribution is 2.25. The van der Waals surface area contributed by atoms with E-state index in [-0.39, 0.29) is 6.03 Å². The monoisotopic (exact) mass is 318 g/mol. The number of likely N-dealkylation sites (tertiary alicyclic amines) is 1. The molecule has 0 aromatic heterocycles. The van der Waals surface area contributed by atoms with Crippen molar-refractivity contribution in [1.29, 1.82) is 0 Å². The van der Waals surface area contributed by atoms with Gasteiger partial charge in [-0.2, -0.15) is 0 Å². The summed E-state index contributed by atoms with van der Waals surface area (Å²) < 4.78 is 0.735. The second kappa shape index (κ2) is 5.25. The summed E-state index contributed by atoms with van der Waals surface area (Å²) in [5, 5.41) is 12.7. The molecule has 0 radical (unpaired) electrons. The van der Waals surface area contributed by atoms with Crippen LogP contribution in [0.15, 0.2) is 22.7 Å². The molecule has 2 amide bonds. The lowest BCUT2D eigenvalue weighted by atomic mass is 10.3. The molecule has 0 saturated carbocycles. The van der Waals surface area contributed by atoms with Crippen molar-refractivity contribution in [3.8, 4) is 0 Å². The van der Waals surface area contributed by atoms with Crippen LogP contribution in [0.2, 0.25) is 5.02 Å². The molecule has 1 saturated heterocycles. The minimum absolute atomic E-state index is 0.198. The predicted octanol–water partition coefficient (Wildman–Crippen LogP) is 2.70. The van der Waals surface area contributed by atoms with Gasteiger partial charge in [-0.1, -0.05) is 11.6 Å². The molecule has 1 aliphatic heterocycles. The Labute approximate surface area is 113 Å². The molecule has 2 rings (SSSR count). The van der Waals surface area contributed by atoms with Gasteiger partial charge in [0.2, 0.25) is 0 Å². The molecule has 1 aromatic rings. The SMILES string of the molecule is O=C(Nc1ccc(Cl)c(Br)c1)N1CCC(O)C1. The van der Waals surface area contributed by atoms with E-state index in [0.717, 1.165) is 4.47 Å². The maximum atomic E-state index is 11.8. The molecule has 1 atom stereocenters. The second-order valence-corrected chi connectivity index (χ2v) is 5.21. The number of hydrogen-bond donors (Lipinski definition) is 2. The number of rotatable bonds is 1. The van der Waals surface area contributed by atoms with Crippen molar-refractivity contribution in [2.45, 2.75) is 12.5 Å². The van der Waals surface area contributed by atoms with Crippen LogP contribution in [-0.2, 0) is 0 Å². The number of carbonyl (C=O) groups excluding carboxylic acids is 1. The largest absolute Gasteiger partial charge is 0.391 e. The number of hydrogen-bond acceptors (Lipinski definition) is 2. The van der Waals surface area contributed by atoms with Gasteiger partial charge >= 0.3 is 6.03 Å². The highest BCUT2D eigenvalue weighted by atomic mass is 79.9.